The van der Waals surface area contributed by atoms with Crippen LogP contribution in [0.3, 0.4) is 0 Å². The van der Waals surface area contributed by atoms with E-state index in [9.17, 15) is 4.79 Å². The fourth-order valence-electron chi connectivity index (χ4n) is 2.59. The Morgan fingerprint density at radius 3 is 2.43 bits per heavy atom. The average molecular weight is 320 g/mol. The van der Waals surface area contributed by atoms with Gasteiger partial charge in [-0.05, 0) is 30.5 Å². The fraction of sp³-hybridized carbons (Fsp3) is 0.632. The van der Waals surface area contributed by atoms with Gasteiger partial charge in [0.25, 0.3) is 0 Å². The van der Waals surface area contributed by atoms with E-state index in [4.69, 9.17) is 10.8 Å². The monoisotopic (exact) mass is 320 g/mol. The van der Waals surface area contributed by atoms with E-state index in [0.29, 0.717) is 0 Å². The lowest BCUT2D eigenvalue weighted by Crippen LogP contribution is -2.38. The number of nitrogens with two attached hydrogens (primary N) is 1. The highest BCUT2D eigenvalue weighted by Gasteiger charge is 2.11. The van der Waals surface area contributed by atoms with Crippen LogP contribution < -0.4 is 11.1 Å². The van der Waals surface area contributed by atoms with E-state index in [1.165, 1.54) is 56.9 Å². The summed E-state index contributed by atoms with van der Waals surface area (Å²) in [5, 5.41) is 11.6. The predicted octanol–water partition coefficient (Wildman–Crippen LogP) is 3.63. The quantitative estimate of drug-likeness (QED) is 0.515. The minimum atomic E-state index is -0.869. The number of aliphatic hydroxyl groups is 1. The maximum atomic E-state index is 11.7. The molecule has 0 fully saturated rings. The molecule has 0 saturated carbocycles. The Morgan fingerprint density at radius 2 is 1.78 bits per heavy atom. The molecule has 0 heterocycles. The summed E-state index contributed by atoms with van der Waals surface area (Å²) >= 11 is 0. The number of hydrogen-bond donors (Lipinski definition) is 3. The number of carbonyl (C=O) groups excluding carboxylic acids is 1. The molecule has 0 saturated heterocycles. The molecular formula is C19H32N2O2. The van der Waals surface area contributed by atoms with E-state index < -0.39 is 6.04 Å². The molecule has 4 N–H and O–H groups in total. The van der Waals surface area contributed by atoms with Crippen LogP contribution >= 0.6 is 0 Å². The highest BCUT2D eigenvalue weighted by molar-refractivity contribution is 5.94. The third kappa shape index (κ3) is 8.72. The first kappa shape index (κ1) is 19.7. The van der Waals surface area contributed by atoms with Gasteiger partial charge < -0.3 is 16.2 Å². The van der Waals surface area contributed by atoms with Crippen LogP contribution in [-0.4, -0.2) is 23.7 Å². The Morgan fingerprint density at radius 1 is 1.13 bits per heavy atom. The summed E-state index contributed by atoms with van der Waals surface area (Å²) in [5.41, 5.74) is 7.47. The van der Waals surface area contributed by atoms with Crippen molar-refractivity contribution in [1.29, 1.82) is 0 Å². The second-order valence-electron chi connectivity index (χ2n) is 6.20. The second-order valence-corrected chi connectivity index (χ2v) is 6.20. The third-order valence-corrected chi connectivity index (χ3v) is 4.05. The molecule has 0 unspecified atom stereocenters. The number of aryl methyl sites for hydroxylation is 1. The molecule has 4 heteroatoms. The molecule has 0 aliphatic heterocycles. The molecule has 0 aliphatic rings. The van der Waals surface area contributed by atoms with Crippen molar-refractivity contribution in [2.75, 3.05) is 11.9 Å². The summed E-state index contributed by atoms with van der Waals surface area (Å²) in [4.78, 5) is 11.7. The highest BCUT2D eigenvalue weighted by Crippen LogP contribution is 2.15. The van der Waals surface area contributed by atoms with Crippen molar-refractivity contribution in [1.82, 2.24) is 0 Å². The van der Waals surface area contributed by atoms with E-state index in [0.717, 1.165) is 12.1 Å². The summed E-state index contributed by atoms with van der Waals surface area (Å²) in [6, 6.07) is 7.00. The SMILES string of the molecule is CCCCCCCCCCc1cccc(NC(=O)[C@@H](N)CO)c1. The molecule has 0 aromatic heterocycles. The van der Waals surface area contributed by atoms with Gasteiger partial charge in [0.15, 0.2) is 0 Å². The van der Waals surface area contributed by atoms with Crippen LogP contribution in [0.5, 0.6) is 0 Å². The maximum absolute atomic E-state index is 11.7. The van der Waals surface area contributed by atoms with Crippen LogP contribution in [0.15, 0.2) is 24.3 Å². The zero-order valence-corrected chi connectivity index (χ0v) is 14.4. The van der Waals surface area contributed by atoms with Gasteiger partial charge in [0.1, 0.15) is 6.04 Å². The predicted molar refractivity (Wildman–Crippen MR) is 96.4 cm³/mol. The molecule has 23 heavy (non-hydrogen) atoms. The lowest BCUT2D eigenvalue weighted by atomic mass is 10.0. The number of nitrogens with one attached hydrogen (secondary N) is 1. The van der Waals surface area contributed by atoms with Crippen molar-refractivity contribution in [3.63, 3.8) is 0 Å². The van der Waals surface area contributed by atoms with Crippen LogP contribution in [0.2, 0.25) is 0 Å². The Hall–Kier alpha value is -1.39. The van der Waals surface area contributed by atoms with Gasteiger partial charge in [0.05, 0.1) is 6.61 Å². The van der Waals surface area contributed by atoms with Gasteiger partial charge in [-0.15, -0.1) is 0 Å². The van der Waals surface area contributed by atoms with E-state index >= 15 is 0 Å². The number of anilines is 1. The summed E-state index contributed by atoms with van der Waals surface area (Å²) in [7, 11) is 0. The van der Waals surface area contributed by atoms with Gasteiger partial charge in [-0.3, -0.25) is 4.79 Å². The van der Waals surface area contributed by atoms with Gasteiger partial charge in [-0.1, -0.05) is 64.0 Å². The minimum absolute atomic E-state index is 0.343. The van der Waals surface area contributed by atoms with Crippen molar-refractivity contribution in [2.24, 2.45) is 5.73 Å². The van der Waals surface area contributed by atoms with Crippen LogP contribution in [0.1, 0.15) is 63.9 Å². The average Bonchev–Trinajstić information content (AvgIpc) is 2.56. The van der Waals surface area contributed by atoms with Gasteiger partial charge >= 0.3 is 0 Å². The number of unbranched alkanes of at least 4 members (excludes halogenated alkanes) is 7. The number of amides is 1. The molecule has 1 aromatic rings. The number of aliphatic hydroxyl groups excluding tert-OH is 1. The maximum Gasteiger partial charge on any atom is 0.243 e. The summed E-state index contributed by atoms with van der Waals surface area (Å²) < 4.78 is 0. The van der Waals surface area contributed by atoms with Crippen molar-refractivity contribution in [3.8, 4) is 0 Å². The third-order valence-electron chi connectivity index (χ3n) is 4.05. The van der Waals surface area contributed by atoms with Crippen molar-refractivity contribution < 1.29 is 9.90 Å². The van der Waals surface area contributed by atoms with E-state index in [-0.39, 0.29) is 12.5 Å². The first-order valence-electron chi connectivity index (χ1n) is 8.93. The molecule has 1 amide bonds. The number of rotatable bonds is 12. The first-order chi connectivity index (χ1) is 11.2. The molecule has 1 atom stereocenters. The standard InChI is InChI=1S/C19H32N2O2/c1-2-3-4-5-6-7-8-9-11-16-12-10-13-17(14-16)21-19(23)18(20)15-22/h10,12-14,18,22H,2-9,11,15,20H2,1H3,(H,21,23)/t18-/m0/s1. The normalized spacial score (nSPS) is 12.1. The number of hydrogen-bond acceptors (Lipinski definition) is 3. The summed E-state index contributed by atoms with van der Waals surface area (Å²) in [6.45, 7) is 1.90. The van der Waals surface area contributed by atoms with Gasteiger partial charge in [0.2, 0.25) is 5.91 Å². The van der Waals surface area contributed by atoms with Crippen LogP contribution in [0.25, 0.3) is 0 Å². The van der Waals surface area contributed by atoms with Crippen molar-refractivity contribution >= 4 is 11.6 Å². The topological polar surface area (TPSA) is 75.4 Å². The zero-order valence-electron chi connectivity index (χ0n) is 14.4. The second kappa shape index (κ2) is 12.1. The highest BCUT2D eigenvalue weighted by atomic mass is 16.3. The fourth-order valence-corrected chi connectivity index (χ4v) is 2.59. The van der Waals surface area contributed by atoms with Crippen LogP contribution in [-0.2, 0) is 11.2 Å². The molecule has 1 rings (SSSR count). The number of carbonyl (C=O) groups is 1. The molecular weight excluding hydrogens is 288 g/mol. The van der Waals surface area contributed by atoms with Gasteiger partial charge in [-0.25, -0.2) is 0 Å². The van der Waals surface area contributed by atoms with E-state index in [1.54, 1.807) is 0 Å². The zero-order chi connectivity index (χ0) is 16.9. The van der Waals surface area contributed by atoms with Crippen LogP contribution in [0, 0.1) is 0 Å². The molecule has 0 spiro atoms. The Bertz CT molecular complexity index is 449. The van der Waals surface area contributed by atoms with E-state index in [2.05, 4.69) is 18.3 Å². The minimum Gasteiger partial charge on any atom is -0.394 e. The summed E-state index contributed by atoms with van der Waals surface area (Å²) in [6.07, 6.45) is 11.5. The number of benzene rings is 1. The Balaban J connectivity index is 2.25. The molecule has 0 bridgehead atoms. The molecule has 130 valence electrons. The van der Waals surface area contributed by atoms with E-state index in [1.807, 2.05) is 18.2 Å². The molecule has 4 nitrogen and oxygen atoms in total. The molecule has 0 radical (unpaired) electrons. The van der Waals surface area contributed by atoms with Crippen molar-refractivity contribution in [3.05, 3.63) is 29.8 Å². The largest absolute Gasteiger partial charge is 0.394 e. The molecule has 1 aromatic carbocycles. The molecule has 0 aliphatic carbocycles. The lowest BCUT2D eigenvalue weighted by molar-refractivity contribution is -0.118. The van der Waals surface area contributed by atoms with Crippen molar-refractivity contribution in [2.45, 2.75) is 70.8 Å². The Kier molecular flexibility index (Phi) is 10.3. The summed E-state index contributed by atoms with van der Waals surface area (Å²) in [5.74, 6) is -0.350. The van der Waals surface area contributed by atoms with Gasteiger partial charge in [0, 0.05) is 5.69 Å². The lowest BCUT2D eigenvalue weighted by Gasteiger charge is -2.10. The first-order valence-corrected chi connectivity index (χ1v) is 8.93. The smallest absolute Gasteiger partial charge is 0.243 e. The van der Waals surface area contributed by atoms with Crippen LogP contribution in [0.4, 0.5) is 5.69 Å². The van der Waals surface area contributed by atoms with Gasteiger partial charge in [-0.2, -0.15) is 0 Å². The Labute approximate surface area is 140 Å².